The second-order valence-electron chi connectivity index (χ2n) is 3.13. The van der Waals surface area contributed by atoms with Crippen LogP contribution in [0.4, 0.5) is 4.79 Å². The van der Waals surface area contributed by atoms with Crippen molar-refractivity contribution in [3.63, 3.8) is 0 Å². The van der Waals surface area contributed by atoms with E-state index in [2.05, 4.69) is 20.9 Å². The van der Waals surface area contributed by atoms with E-state index in [-0.39, 0.29) is 0 Å². The minimum atomic E-state index is -1.08. The van der Waals surface area contributed by atoms with Crippen molar-refractivity contribution in [2.75, 3.05) is 6.54 Å². The lowest BCUT2D eigenvalue weighted by Crippen LogP contribution is -2.45. The van der Waals surface area contributed by atoms with Gasteiger partial charge in [0.2, 0.25) is 0 Å². The molecular formula is C8H13N5O3. The Bertz CT molecular complexity index is 351. The zero-order chi connectivity index (χ0) is 12.0. The fraction of sp³-hybridized carbons (Fsp3) is 0.500. The molecule has 16 heavy (non-hydrogen) atoms. The summed E-state index contributed by atoms with van der Waals surface area (Å²) in [6, 6.07) is -1.43. The first-order chi connectivity index (χ1) is 7.59. The highest BCUT2D eigenvalue weighted by molar-refractivity contribution is 5.82. The zero-order valence-corrected chi connectivity index (χ0v) is 8.75. The Kier molecular flexibility index (Phi) is 4.25. The normalized spacial score (nSPS) is 11.8. The van der Waals surface area contributed by atoms with Gasteiger partial charge in [-0.1, -0.05) is 5.21 Å². The van der Waals surface area contributed by atoms with Crippen molar-refractivity contribution in [3.05, 3.63) is 12.4 Å². The van der Waals surface area contributed by atoms with Crippen molar-refractivity contribution in [2.45, 2.75) is 19.5 Å². The van der Waals surface area contributed by atoms with Gasteiger partial charge >= 0.3 is 12.0 Å². The molecule has 8 heteroatoms. The van der Waals surface area contributed by atoms with Gasteiger partial charge in [-0.25, -0.2) is 4.79 Å². The highest BCUT2D eigenvalue weighted by Crippen LogP contribution is 1.82. The van der Waals surface area contributed by atoms with Gasteiger partial charge in [0, 0.05) is 12.7 Å². The van der Waals surface area contributed by atoms with Crippen LogP contribution in [0, 0.1) is 0 Å². The van der Waals surface area contributed by atoms with E-state index in [4.69, 9.17) is 5.11 Å². The average Bonchev–Trinajstić information content (AvgIpc) is 2.70. The zero-order valence-electron chi connectivity index (χ0n) is 8.75. The Morgan fingerprint density at radius 3 is 2.88 bits per heavy atom. The Morgan fingerprint density at radius 2 is 2.31 bits per heavy atom. The predicted octanol–water partition coefficient (Wildman–Crippen LogP) is -0.950. The molecule has 2 amide bonds. The van der Waals surface area contributed by atoms with Crippen LogP contribution in [0.1, 0.15) is 6.92 Å². The van der Waals surface area contributed by atoms with Crippen LogP contribution in [0.2, 0.25) is 0 Å². The van der Waals surface area contributed by atoms with Gasteiger partial charge in [-0.15, -0.1) is 5.10 Å². The first-order valence-corrected chi connectivity index (χ1v) is 4.71. The van der Waals surface area contributed by atoms with Crippen molar-refractivity contribution in [2.24, 2.45) is 0 Å². The number of amides is 2. The van der Waals surface area contributed by atoms with Crippen LogP contribution in [-0.2, 0) is 11.3 Å². The van der Waals surface area contributed by atoms with Crippen molar-refractivity contribution in [3.8, 4) is 0 Å². The maximum atomic E-state index is 11.2. The first-order valence-electron chi connectivity index (χ1n) is 4.71. The van der Waals surface area contributed by atoms with Gasteiger partial charge in [0.1, 0.15) is 6.04 Å². The molecule has 0 aromatic carbocycles. The fourth-order valence-electron chi connectivity index (χ4n) is 0.945. The Morgan fingerprint density at radius 1 is 1.56 bits per heavy atom. The summed E-state index contributed by atoms with van der Waals surface area (Å²) in [5.74, 6) is -1.08. The van der Waals surface area contributed by atoms with E-state index in [0.717, 1.165) is 0 Å². The summed E-state index contributed by atoms with van der Waals surface area (Å²) >= 11 is 0. The molecule has 1 heterocycles. The monoisotopic (exact) mass is 227 g/mol. The molecule has 0 unspecified atom stereocenters. The summed E-state index contributed by atoms with van der Waals surface area (Å²) in [5, 5.41) is 20.6. The van der Waals surface area contributed by atoms with Crippen LogP contribution in [-0.4, -0.2) is 44.7 Å². The van der Waals surface area contributed by atoms with Gasteiger partial charge in [-0.2, -0.15) is 0 Å². The van der Waals surface area contributed by atoms with E-state index in [1.807, 2.05) is 0 Å². The molecule has 0 spiro atoms. The van der Waals surface area contributed by atoms with E-state index in [9.17, 15) is 9.59 Å². The molecule has 1 atom stereocenters. The van der Waals surface area contributed by atoms with Gasteiger partial charge in [0.15, 0.2) is 0 Å². The first kappa shape index (κ1) is 12.0. The number of carboxylic acid groups (broad SMARTS) is 1. The maximum absolute atomic E-state index is 11.2. The number of aliphatic carboxylic acids is 1. The third kappa shape index (κ3) is 3.95. The molecule has 1 aromatic heterocycles. The van der Waals surface area contributed by atoms with Gasteiger partial charge < -0.3 is 15.7 Å². The molecule has 3 N–H and O–H groups in total. The summed E-state index contributed by atoms with van der Waals surface area (Å²) in [6.45, 7) is 2.22. The second-order valence-corrected chi connectivity index (χ2v) is 3.13. The molecule has 0 fully saturated rings. The molecule has 0 saturated heterocycles. The lowest BCUT2D eigenvalue weighted by atomic mass is 10.3. The SMILES string of the molecule is C[C@H](NC(=O)NCCn1ccnn1)C(=O)O. The smallest absolute Gasteiger partial charge is 0.325 e. The van der Waals surface area contributed by atoms with E-state index in [0.29, 0.717) is 13.1 Å². The Balaban J connectivity index is 2.18. The summed E-state index contributed by atoms with van der Waals surface area (Å²) in [5.41, 5.74) is 0. The van der Waals surface area contributed by atoms with E-state index in [1.165, 1.54) is 13.1 Å². The van der Waals surface area contributed by atoms with Crippen LogP contribution < -0.4 is 10.6 Å². The van der Waals surface area contributed by atoms with Crippen molar-refractivity contribution in [1.82, 2.24) is 25.6 Å². The number of carbonyl (C=O) groups excluding carboxylic acids is 1. The molecule has 1 rings (SSSR count). The molecule has 88 valence electrons. The molecule has 1 aromatic rings. The number of hydrogen-bond acceptors (Lipinski definition) is 4. The minimum absolute atomic E-state index is 0.349. The van der Waals surface area contributed by atoms with Crippen LogP contribution in [0.3, 0.4) is 0 Å². The molecule has 0 bridgehead atoms. The van der Waals surface area contributed by atoms with E-state index in [1.54, 1.807) is 10.9 Å². The second kappa shape index (κ2) is 5.69. The third-order valence-electron chi connectivity index (χ3n) is 1.82. The molecular weight excluding hydrogens is 214 g/mol. The quantitative estimate of drug-likeness (QED) is 0.601. The highest BCUT2D eigenvalue weighted by atomic mass is 16.4. The molecule has 0 radical (unpaired) electrons. The van der Waals surface area contributed by atoms with Gasteiger partial charge in [-0.05, 0) is 6.92 Å². The largest absolute Gasteiger partial charge is 0.480 e. The number of rotatable bonds is 5. The molecule has 0 saturated carbocycles. The van der Waals surface area contributed by atoms with Crippen molar-refractivity contribution >= 4 is 12.0 Å². The maximum Gasteiger partial charge on any atom is 0.325 e. The summed E-state index contributed by atoms with van der Waals surface area (Å²) in [7, 11) is 0. The summed E-state index contributed by atoms with van der Waals surface area (Å²) < 4.78 is 1.56. The van der Waals surface area contributed by atoms with Gasteiger partial charge in [0.05, 0.1) is 12.7 Å². The predicted molar refractivity (Wildman–Crippen MR) is 53.7 cm³/mol. The lowest BCUT2D eigenvalue weighted by molar-refractivity contribution is -0.138. The highest BCUT2D eigenvalue weighted by Gasteiger charge is 2.12. The number of nitrogens with zero attached hydrogens (tertiary/aromatic N) is 3. The lowest BCUT2D eigenvalue weighted by Gasteiger charge is -2.10. The van der Waals surface area contributed by atoms with Crippen LogP contribution in [0.25, 0.3) is 0 Å². The molecule has 8 nitrogen and oxygen atoms in total. The molecule has 0 aliphatic heterocycles. The number of carboxylic acids is 1. The third-order valence-corrected chi connectivity index (χ3v) is 1.82. The topological polar surface area (TPSA) is 109 Å². The Hall–Kier alpha value is -2.12. The van der Waals surface area contributed by atoms with Gasteiger partial charge in [0.25, 0.3) is 0 Å². The Labute approximate surface area is 91.6 Å². The number of aromatic nitrogens is 3. The number of carbonyl (C=O) groups is 2. The summed E-state index contributed by atoms with van der Waals surface area (Å²) in [6.07, 6.45) is 3.20. The number of nitrogens with one attached hydrogen (secondary N) is 2. The van der Waals surface area contributed by atoms with Crippen molar-refractivity contribution in [1.29, 1.82) is 0 Å². The fourth-order valence-corrected chi connectivity index (χ4v) is 0.945. The van der Waals surface area contributed by atoms with Crippen molar-refractivity contribution < 1.29 is 14.7 Å². The molecule has 0 aliphatic rings. The standard InChI is InChI=1S/C8H13N5O3/c1-6(7(14)15)11-8(16)9-2-4-13-5-3-10-12-13/h3,5-6H,2,4H2,1H3,(H,14,15)(H2,9,11,16)/t6-/m0/s1. The molecule has 0 aliphatic carbocycles. The number of urea groups is 1. The minimum Gasteiger partial charge on any atom is -0.480 e. The summed E-state index contributed by atoms with van der Waals surface area (Å²) in [4.78, 5) is 21.6. The van der Waals surface area contributed by atoms with E-state index >= 15 is 0 Å². The van der Waals surface area contributed by atoms with E-state index < -0.39 is 18.0 Å². The number of hydrogen-bond donors (Lipinski definition) is 3. The average molecular weight is 227 g/mol. The van der Waals surface area contributed by atoms with Gasteiger partial charge in [-0.3, -0.25) is 9.48 Å². The van der Waals surface area contributed by atoms with Crippen LogP contribution in [0.15, 0.2) is 12.4 Å². The van der Waals surface area contributed by atoms with Crippen LogP contribution in [0.5, 0.6) is 0 Å². The van der Waals surface area contributed by atoms with Crippen LogP contribution >= 0.6 is 0 Å².